The molecule has 5 nitrogen and oxygen atoms in total. The van der Waals surface area contributed by atoms with E-state index in [2.05, 4.69) is 29.6 Å². The molecule has 156 valence electrons. The number of carboxylic acids is 1. The van der Waals surface area contributed by atoms with Gasteiger partial charge in [0.1, 0.15) is 6.61 Å². The largest absolute Gasteiger partial charge is 0.479 e. The molecule has 2 aliphatic rings. The van der Waals surface area contributed by atoms with E-state index in [-0.39, 0.29) is 12.5 Å². The first-order chi connectivity index (χ1) is 15.1. The maximum atomic E-state index is 12.8. The number of fused-ring (bicyclic) bond motifs is 4. The van der Waals surface area contributed by atoms with E-state index in [1.54, 1.807) is 12.1 Å². The molecular formula is C26H23NO4. The summed E-state index contributed by atoms with van der Waals surface area (Å²) < 4.78 is 5.62. The van der Waals surface area contributed by atoms with Crippen molar-refractivity contribution in [2.75, 3.05) is 6.61 Å². The number of nitrogens with one attached hydrogen (secondary N) is 1. The Morgan fingerprint density at radius 3 is 2.23 bits per heavy atom. The summed E-state index contributed by atoms with van der Waals surface area (Å²) in [7, 11) is 0. The van der Waals surface area contributed by atoms with E-state index in [0.29, 0.717) is 18.4 Å². The second-order valence-corrected chi connectivity index (χ2v) is 8.17. The molecule has 1 amide bonds. The molecule has 5 heteroatoms. The van der Waals surface area contributed by atoms with Crippen molar-refractivity contribution in [3.63, 3.8) is 0 Å². The van der Waals surface area contributed by atoms with Gasteiger partial charge in [-0.1, -0.05) is 72.8 Å². The van der Waals surface area contributed by atoms with Crippen LogP contribution < -0.4 is 5.32 Å². The Morgan fingerprint density at radius 2 is 1.55 bits per heavy atom. The third-order valence-electron chi connectivity index (χ3n) is 6.50. The first-order valence-electron chi connectivity index (χ1n) is 10.5. The number of aryl methyl sites for hydroxylation is 1. The number of ether oxygens (including phenoxy) is 1. The minimum absolute atomic E-state index is 0.0717. The van der Waals surface area contributed by atoms with Gasteiger partial charge in [-0.05, 0) is 52.6 Å². The van der Waals surface area contributed by atoms with Gasteiger partial charge in [-0.25, -0.2) is 9.59 Å². The van der Waals surface area contributed by atoms with Gasteiger partial charge in [0.05, 0.1) is 0 Å². The predicted octanol–water partition coefficient (Wildman–Crippen LogP) is 4.84. The first kappa shape index (κ1) is 19.4. The summed E-state index contributed by atoms with van der Waals surface area (Å²) >= 11 is 0. The lowest BCUT2D eigenvalue weighted by Gasteiger charge is -2.35. The van der Waals surface area contributed by atoms with Crippen molar-refractivity contribution in [1.29, 1.82) is 0 Å². The minimum atomic E-state index is -1.46. The third kappa shape index (κ3) is 3.17. The summed E-state index contributed by atoms with van der Waals surface area (Å²) in [5, 5.41) is 12.8. The fourth-order valence-electron chi connectivity index (χ4n) is 5.05. The zero-order chi connectivity index (χ0) is 21.4. The van der Waals surface area contributed by atoms with E-state index >= 15 is 0 Å². The van der Waals surface area contributed by atoms with Crippen LogP contribution in [0.25, 0.3) is 11.1 Å². The quantitative estimate of drug-likeness (QED) is 0.642. The van der Waals surface area contributed by atoms with Crippen LogP contribution in [0.15, 0.2) is 72.8 Å². The molecule has 0 aromatic heterocycles. The van der Waals surface area contributed by atoms with Gasteiger partial charge < -0.3 is 15.2 Å². The van der Waals surface area contributed by atoms with Crippen molar-refractivity contribution in [3.05, 3.63) is 95.1 Å². The van der Waals surface area contributed by atoms with Gasteiger partial charge in [0, 0.05) is 5.92 Å². The number of hydrogen-bond acceptors (Lipinski definition) is 3. The number of rotatable bonds is 4. The smallest absolute Gasteiger partial charge is 0.408 e. The highest BCUT2D eigenvalue weighted by Crippen LogP contribution is 2.44. The Hall–Kier alpha value is -3.60. The Bertz CT molecular complexity index is 1130. The summed E-state index contributed by atoms with van der Waals surface area (Å²) in [5.41, 5.74) is 4.67. The Kier molecular flexibility index (Phi) is 4.74. The summed E-state index contributed by atoms with van der Waals surface area (Å²) in [5.74, 6) is -1.13. The molecule has 0 bridgehead atoms. The maximum absolute atomic E-state index is 12.8. The van der Waals surface area contributed by atoms with Crippen molar-refractivity contribution in [2.45, 2.75) is 30.7 Å². The summed E-state index contributed by atoms with van der Waals surface area (Å²) in [6.07, 6.45) is 1.12. The zero-order valence-electron chi connectivity index (χ0n) is 17.0. The van der Waals surface area contributed by atoms with Crippen molar-refractivity contribution >= 4 is 12.1 Å². The van der Waals surface area contributed by atoms with Gasteiger partial charge in [0.25, 0.3) is 0 Å². The van der Waals surface area contributed by atoms with Crippen LogP contribution in [0.5, 0.6) is 0 Å². The van der Waals surface area contributed by atoms with Crippen molar-refractivity contribution in [3.8, 4) is 11.1 Å². The average Bonchev–Trinajstić information content (AvgIpc) is 3.11. The van der Waals surface area contributed by atoms with E-state index in [0.717, 1.165) is 34.2 Å². The molecule has 0 radical (unpaired) electrons. The molecule has 3 aromatic carbocycles. The predicted molar refractivity (Wildman–Crippen MR) is 117 cm³/mol. The molecule has 3 aromatic rings. The molecule has 0 saturated heterocycles. The van der Waals surface area contributed by atoms with Crippen LogP contribution in [-0.4, -0.2) is 23.8 Å². The molecule has 0 spiro atoms. The number of carbonyl (C=O) groups is 2. The first-order valence-corrected chi connectivity index (χ1v) is 10.5. The maximum Gasteiger partial charge on any atom is 0.408 e. The van der Waals surface area contributed by atoms with Gasteiger partial charge in [-0.2, -0.15) is 0 Å². The Labute approximate surface area is 180 Å². The average molecular weight is 413 g/mol. The highest BCUT2D eigenvalue weighted by molar-refractivity contribution is 5.87. The number of carbonyl (C=O) groups excluding carboxylic acids is 1. The summed E-state index contributed by atoms with van der Waals surface area (Å²) in [4.78, 5) is 25.1. The second-order valence-electron chi connectivity index (χ2n) is 8.17. The van der Waals surface area contributed by atoms with Crippen molar-refractivity contribution in [1.82, 2.24) is 5.32 Å². The number of benzene rings is 3. The third-order valence-corrected chi connectivity index (χ3v) is 6.50. The van der Waals surface area contributed by atoms with E-state index in [1.807, 2.05) is 36.4 Å². The lowest BCUT2D eigenvalue weighted by Crippen LogP contribution is -2.53. The van der Waals surface area contributed by atoms with E-state index in [1.165, 1.54) is 0 Å². The number of carboxylic acid groups (broad SMARTS) is 1. The molecule has 5 rings (SSSR count). The summed E-state index contributed by atoms with van der Waals surface area (Å²) in [6.45, 7) is 0.150. The molecule has 0 fully saturated rings. The molecule has 1 atom stereocenters. The van der Waals surface area contributed by atoms with E-state index < -0.39 is 17.6 Å². The van der Waals surface area contributed by atoms with Crippen LogP contribution in [0.1, 0.15) is 41.0 Å². The summed E-state index contributed by atoms with van der Waals surface area (Å²) in [6, 6.07) is 23.6. The van der Waals surface area contributed by atoms with Gasteiger partial charge >= 0.3 is 12.1 Å². The van der Waals surface area contributed by atoms with Gasteiger partial charge in [-0.3, -0.25) is 0 Å². The monoisotopic (exact) mass is 413 g/mol. The van der Waals surface area contributed by atoms with Crippen LogP contribution in [0.3, 0.4) is 0 Å². The molecule has 0 saturated carbocycles. The molecule has 0 heterocycles. The molecule has 2 aliphatic carbocycles. The van der Waals surface area contributed by atoms with Crippen molar-refractivity contribution < 1.29 is 19.4 Å². The molecule has 2 N–H and O–H groups in total. The van der Waals surface area contributed by atoms with Crippen LogP contribution in [-0.2, 0) is 21.5 Å². The van der Waals surface area contributed by atoms with Crippen LogP contribution in [0.2, 0.25) is 0 Å². The second kappa shape index (κ2) is 7.58. The van der Waals surface area contributed by atoms with Gasteiger partial charge in [-0.15, -0.1) is 0 Å². The number of alkyl carbamates (subject to hydrolysis) is 1. The van der Waals surface area contributed by atoms with Gasteiger partial charge in [0.2, 0.25) is 0 Å². The SMILES string of the molecule is O=C(N[C@]1(C(=O)O)CCCc2ccccc21)OCC1c2ccccc2-c2ccccc21. The normalized spacial score (nSPS) is 19.1. The van der Waals surface area contributed by atoms with Crippen molar-refractivity contribution in [2.24, 2.45) is 0 Å². The Morgan fingerprint density at radius 1 is 0.935 bits per heavy atom. The van der Waals surface area contributed by atoms with Crippen LogP contribution in [0.4, 0.5) is 4.79 Å². The number of amides is 1. The number of aliphatic carboxylic acids is 1. The molecule has 31 heavy (non-hydrogen) atoms. The fraction of sp³-hybridized carbons (Fsp3) is 0.231. The molecule has 0 unspecified atom stereocenters. The fourth-order valence-corrected chi connectivity index (χ4v) is 5.05. The lowest BCUT2D eigenvalue weighted by atomic mass is 9.76. The lowest BCUT2D eigenvalue weighted by molar-refractivity contribution is -0.145. The highest BCUT2D eigenvalue weighted by atomic mass is 16.5. The van der Waals surface area contributed by atoms with Gasteiger partial charge in [0.15, 0.2) is 5.54 Å². The molecule has 0 aliphatic heterocycles. The van der Waals surface area contributed by atoms with Crippen LogP contribution in [0, 0.1) is 0 Å². The standard InChI is InChI=1S/C26H23NO4/c28-24(29)26(15-7-9-17-8-1-6-14-23(17)26)27-25(30)31-16-22-20-12-4-2-10-18(20)19-11-3-5-13-21(19)22/h1-6,8,10-14,22H,7,9,15-16H2,(H,27,30)(H,28,29)/t26-/m1/s1. The highest BCUT2D eigenvalue weighted by Gasteiger charge is 2.45. The Balaban J connectivity index is 1.38. The zero-order valence-corrected chi connectivity index (χ0v) is 17.0. The topological polar surface area (TPSA) is 75.6 Å². The number of hydrogen-bond donors (Lipinski definition) is 2. The molecular weight excluding hydrogens is 390 g/mol. The van der Waals surface area contributed by atoms with E-state index in [4.69, 9.17) is 4.74 Å². The van der Waals surface area contributed by atoms with E-state index in [9.17, 15) is 14.7 Å². The minimum Gasteiger partial charge on any atom is -0.479 e. The van der Waals surface area contributed by atoms with Crippen LogP contribution >= 0.6 is 0 Å².